The Morgan fingerprint density at radius 2 is 1.58 bits per heavy atom. The smallest absolute Gasteiger partial charge is 0.714 e. The van der Waals surface area contributed by atoms with Crippen LogP contribution < -0.4 is 51.4 Å². The fraction of sp³-hybridized carbons (Fsp3) is 0.944. The fourth-order valence-corrected chi connectivity index (χ4v) is 5.10. The van der Waals surface area contributed by atoms with Crippen LogP contribution in [-0.4, -0.2) is 91.1 Å². The van der Waals surface area contributed by atoms with Crippen molar-refractivity contribution < 1.29 is 98.0 Å². The summed E-state index contributed by atoms with van der Waals surface area (Å²) in [6, 6.07) is 0. The maximum Gasteiger partial charge on any atom is 1.00 e. The van der Waals surface area contributed by atoms with Gasteiger partial charge in [-0.25, -0.2) is 0 Å². The van der Waals surface area contributed by atoms with Crippen molar-refractivity contribution in [3.63, 3.8) is 0 Å². The van der Waals surface area contributed by atoms with Crippen LogP contribution in [0.5, 0.6) is 0 Å². The van der Waals surface area contributed by atoms with E-state index in [2.05, 4.69) is 9.44 Å². The first-order valence-electron chi connectivity index (χ1n) is 10.5. The number of thioether (sulfide) groups is 1. The van der Waals surface area contributed by atoms with Gasteiger partial charge in [0, 0.05) is 22.8 Å². The maximum atomic E-state index is 11.0. The molecule has 11 nitrogen and oxygen atoms in total. The summed E-state index contributed by atoms with van der Waals surface area (Å²) in [5.74, 6) is 0.732. The molecule has 1 unspecified atom stereocenters. The topological polar surface area (TPSA) is 186 Å². The van der Waals surface area contributed by atoms with Gasteiger partial charge in [-0.3, -0.25) is 8.49 Å². The molecule has 6 atom stereocenters. The molecule has 0 bridgehead atoms. The molecule has 1 aliphatic heterocycles. The number of rotatable bonds is 15. The zero-order valence-corrected chi connectivity index (χ0v) is 24.6. The Morgan fingerprint density at radius 3 is 2.09 bits per heavy atom. The molecule has 0 aromatic carbocycles. The molecule has 1 heterocycles. The molecule has 33 heavy (non-hydrogen) atoms. The summed E-state index contributed by atoms with van der Waals surface area (Å²) in [6.45, 7) is -0.601. The second-order valence-corrected chi connectivity index (χ2v) is 11.3. The molecule has 15 heteroatoms. The first kappa shape index (κ1) is 34.3. The Balaban J connectivity index is 0.0000102. The molecule has 0 saturated carbocycles. The molecular weight excluding hydrogens is 525 g/mol. The van der Waals surface area contributed by atoms with Crippen molar-refractivity contribution in [2.45, 2.75) is 87.6 Å². The number of hydrogen-bond donors (Lipinski definition) is 4. The molecule has 1 fully saturated rings. The van der Waals surface area contributed by atoms with Gasteiger partial charge in [0.25, 0.3) is 10.4 Å². The van der Waals surface area contributed by atoms with Crippen LogP contribution in [0.15, 0.2) is 5.16 Å². The molecule has 0 aromatic heterocycles. The summed E-state index contributed by atoms with van der Waals surface area (Å²) in [5.41, 5.74) is -1.15. The van der Waals surface area contributed by atoms with E-state index in [0.29, 0.717) is 6.42 Å². The summed E-state index contributed by atoms with van der Waals surface area (Å²) in [7, 11) is -5.81. The van der Waals surface area contributed by atoms with E-state index in [0.717, 1.165) is 62.5 Å². The van der Waals surface area contributed by atoms with Crippen molar-refractivity contribution in [2.24, 2.45) is 5.16 Å². The van der Waals surface area contributed by atoms with Crippen molar-refractivity contribution in [3.8, 4) is 0 Å². The molecule has 0 aromatic rings. The van der Waals surface area contributed by atoms with Crippen LogP contribution in [0.25, 0.3) is 0 Å². The maximum absolute atomic E-state index is 11.0. The number of nitrogens with zero attached hydrogens (tertiary/aromatic N) is 1. The number of unbranched alkanes of at least 4 members (excludes halogenated alkanes) is 7. The van der Waals surface area contributed by atoms with E-state index in [-0.39, 0.29) is 62.8 Å². The summed E-state index contributed by atoms with van der Waals surface area (Å²) in [6.07, 6.45) is 3.74. The van der Waals surface area contributed by atoms with Crippen LogP contribution in [0.3, 0.4) is 0 Å². The molecule has 0 radical (unpaired) electrons. The summed E-state index contributed by atoms with van der Waals surface area (Å²) < 4.78 is 52.6. The molecular formula is C18H34KNO10S3. The van der Waals surface area contributed by atoms with E-state index in [1.54, 1.807) is 6.26 Å². The average Bonchev–Trinajstić information content (AvgIpc) is 2.72. The van der Waals surface area contributed by atoms with E-state index in [9.17, 15) is 37.6 Å². The van der Waals surface area contributed by atoms with Crippen molar-refractivity contribution in [1.82, 2.24) is 0 Å². The minimum absolute atomic E-state index is 0. The summed E-state index contributed by atoms with van der Waals surface area (Å²) in [4.78, 5) is 0. The van der Waals surface area contributed by atoms with Gasteiger partial charge in [-0.1, -0.05) is 55.4 Å². The number of aliphatic hydroxyl groups is 4. The largest absolute Gasteiger partial charge is 1.00 e. The van der Waals surface area contributed by atoms with Crippen LogP contribution in [0.4, 0.5) is 0 Å². The minimum atomic E-state index is -5.07. The molecule has 1 rings (SSSR count). The van der Waals surface area contributed by atoms with Gasteiger partial charge in [-0.15, -0.1) is 0 Å². The van der Waals surface area contributed by atoms with Crippen LogP contribution in [0.2, 0.25) is 0 Å². The molecule has 0 aliphatic carbocycles. The van der Waals surface area contributed by atoms with Gasteiger partial charge in [0.15, 0.2) is 0 Å². The Kier molecular flexibility index (Phi) is 19.3. The fourth-order valence-electron chi connectivity index (χ4n) is 3.15. The van der Waals surface area contributed by atoms with E-state index < -0.39 is 57.7 Å². The van der Waals surface area contributed by atoms with E-state index >= 15 is 0 Å². The van der Waals surface area contributed by atoms with Crippen LogP contribution in [-0.2, 0) is 30.2 Å². The van der Waals surface area contributed by atoms with Gasteiger partial charge < -0.3 is 29.7 Å². The van der Waals surface area contributed by atoms with E-state index in [1.165, 1.54) is 0 Å². The molecule has 1 saturated heterocycles. The van der Waals surface area contributed by atoms with E-state index in [1.807, 2.05) is 0 Å². The van der Waals surface area contributed by atoms with Gasteiger partial charge >= 0.3 is 51.4 Å². The summed E-state index contributed by atoms with van der Waals surface area (Å²) in [5, 5.41) is 42.5. The van der Waals surface area contributed by atoms with Crippen molar-refractivity contribution in [1.29, 1.82) is 0 Å². The van der Waals surface area contributed by atoms with Crippen molar-refractivity contribution >= 4 is 38.0 Å². The number of hydrogen-bond acceptors (Lipinski definition) is 12. The zero-order valence-electron chi connectivity index (χ0n) is 19.1. The monoisotopic (exact) mass is 559 g/mol. The third-order valence-corrected chi connectivity index (χ3v) is 7.20. The van der Waals surface area contributed by atoms with Gasteiger partial charge in [-0.05, 0) is 19.3 Å². The normalized spacial score (nSPS) is 27.1. The SMILES string of the molecule is CS(=O)CCCCCCCCCC/C(=N/OS(=O)(=O)[O-])S[C@@H]1O[C@H](CO)[C@@H](O)[C@H](O)[C@H]1O.[K+]. The van der Waals surface area contributed by atoms with Crippen molar-refractivity contribution in [2.75, 3.05) is 18.6 Å². The van der Waals surface area contributed by atoms with Crippen LogP contribution in [0.1, 0.15) is 57.8 Å². The van der Waals surface area contributed by atoms with Crippen LogP contribution >= 0.6 is 11.8 Å². The third-order valence-electron chi connectivity index (χ3n) is 4.90. The Bertz CT molecular complexity index is 695. The van der Waals surface area contributed by atoms with Crippen LogP contribution in [0, 0.1) is 0 Å². The molecule has 0 spiro atoms. The minimum Gasteiger partial charge on any atom is -0.714 e. The Hall–Kier alpha value is 1.32. The predicted molar refractivity (Wildman–Crippen MR) is 120 cm³/mol. The quantitative estimate of drug-likeness (QED) is 0.0309. The van der Waals surface area contributed by atoms with Gasteiger partial charge in [-0.2, -0.15) is 8.42 Å². The average molecular weight is 560 g/mol. The Labute approximate surface area is 244 Å². The molecule has 4 N–H and O–H groups in total. The third kappa shape index (κ3) is 15.2. The summed E-state index contributed by atoms with van der Waals surface area (Å²) >= 11 is 0.761. The molecule has 0 amide bonds. The number of ether oxygens (including phenoxy) is 1. The second-order valence-electron chi connectivity index (χ2n) is 7.64. The van der Waals surface area contributed by atoms with Gasteiger partial charge in [0.2, 0.25) is 0 Å². The van der Waals surface area contributed by atoms with E-state index in [4.69, 9.17) is 4.74 Å². The zero-order chi connectivity index (χ0) is 24.1. The number of aliphatic hydroxyl groups excluding tert-OH is 4. The standard InChI is InChI=1S/C18H35NO10S3.K/c1-31(24)11-9-7-5-3-2-4-6-8-10-14(19-29-32(25,26)27)30-18-17(23)16(22)15(21)13(12-20)28-18;/h13,15-18,20-23H,2-12H2,1H3,(H,25,26,27);/q;+1/p-1/b19-14-;/t13-,15-,16+,17-,18+,31?;/m1./s1. The number of oxime groups is 1. The van der Waals surface area contributed by atoms with Gasteiger partial charge in [0.1, 0.15) is 34.9 Å². The Morgan fingerprint density at radius 1 is 1.03 bits per heavy atom. The molecule has 1 aliphatic rings. The first-order valence-corrected chi connectivity index (χ1v) is 14.5. The molecule has 190 valence electrons. The first-order chi connectivity index (χ1) is 15.0. The second kappa shape index (κ2) is 18.5. The predicted octanol–water partition coefficient (Wildman–Crippen LogP) is -2.80. The van der Waals surface area contributed by atoms with Crippen molar-refractivity contribution in [3.05, 3.63) is 0 Å². The van der Waals surface area contributed by atoms with Gasteiger partial charge in [0.05, 0.1) is 6.61 Å².